The Morgan fingerprint density at radius 1 is 0.929 bits per heavy atom. The van der Waals surface area contributed by atoms with E-state index in [1.807, 2.05) is 0 Å². The number of ether oxygens (including phenoxy) is 1. The molecule has 0 saturated heterocycles. The number of rotatable bonds is 10. The Labute approximate surface area is 239 Å². The third-order valence-electron chi connectivity index (χ3n) is 5.89. The molecule has 224 valence electrons. The minimum atomic E-state index is -4.51. The molecule has 3 amide bonds. The normalized spacial score (nSPS) is 13.1. The SMILES string of the molecule is CC(C)(C)OC(=O)N[C@@H](CC(=O)O)C(=O)N[C@H](CCc1ccc(C(F)(F)F)cc1)C(=O)Nc1ccc2ncccc2c1. The summed E-state index contributed by atoms with van der Waals surface area (Å²) in [5.41, 5.74) is -0.200. The molecule has 0 bridgehead atoms. The van der Waals surface area contributed by atoms with Crippen molar-refractivity contribution in [2.24, 2.45) is 0 Å². The fourth-order valence-corrected chi connectivity index (χ4v) is 3.93. The number of hydrogen-bond acceptors (Lipinski definition) is 6. The number of pyridine rings is 1. The summed E-state index contributed by atoms with van der Waals surface area (Å²) in [7, 11) is 0. The first-order chi connectivity index (χ1) is 19.6. The van der Waals surface area contributed by atoms with Crippen molar-refractivity contribution < 1.29 is 42.2 Å². The van der Waals surface area contributed by atoms with Gasteiger partial charge in [0.25, 0.3) is 0 Å². The van der Waals surface area contributed by atoms with Gasteiger partial charge in [0.05, 0.1) is 17.5 Å². The fraction of sp³-hybridized carbons (Fsp3) is 0.345. The molecule has 4 N–H and O–H groups in total. The second-order valence-electron chi connectivity index (χ2n) is 10.5. The molecule has 0 aliphatic rings. The van der Waals surface area contributed by atoms with Crippen LogP contribution in [0.4, 0.5) is 23.7 Å². The Morgan fingerprint density at radius 2 is 1.62 bits per heavy atom. The van der Waals surface area contributed by atoms with Crippen LogP contribution >= 0.6 is 0 Å². The van der Waals surface area contributed by atoms with Gasteiger partial charge in [-0.05, 0) is 75.6 Å². The molecule has 0 saturated carbocycles. The van der Waals surface area contributed by atoms with E-state index in [-0.39, 0.29) is 12.8 Å². The highest BCUT2D eigenvalue weighted by Gasteiger charge is 2.31. The second-order valence-corrected chi connectivity index (χ2v) is 10.5. The van der Waals surface area contributed by atoms with E-state index >= 15 is 0 Å². The number of alkyl carbamates (subject to hydrolysis) is 1. The summed E-state index contributed by atoms with van der Waals surface area (Å²) < 4.78 is 44.0. The van der Waals surface area contributed by atoms with Gasteiger partial charge in [-0.25, -0.2) is 4.79 Å². The number of nitrogens with one attached hydrogen (secondary N) is 3. The summed E-state index contributed by atoms with van der Waals surface area (Å²) in [6.45, 7) is 4.76. The van der Waals surface area contributed by atoms with Crippen molar-refractivity contribution >= 4 is 40.5 Å². The average molecular weight is 589 g/mol. The zero-order chi connectivity index (χ0) is 31.1. The molecule has 10 nitrogen and oxygen atoms in total. The van der Waals surface area contributed by atoms with E-state index in [0.717, 1.165) is 17.5 Å². The van der Waals surface area contributed by atoms with Crippen LogP contribution in [0.2, 0.25) is 0 Å². The number of carboxylic acid groups (broad SMARTS) is 1. The van der Waals surface area contributed by atoms with Crippen LogP contribution in [0.3, 0.4) is 0 Å². The minimum absolute atomic E-state index is 0.0513. The van der Waals surface area contributed by atoms with Crippen LogP contribution in [0.1, 0.15) is 44.7 Å². The van der Waals surface area contributed by atoms with Gasteiger partial charge in [0.2, 0.25) is 11.8 Å². The van der Waals surface area contributed by atoms with E-state index in [1.54, 1.807) is 57.3 Å². The molecule has 1 aromatic heterocycles. The number of hydrogen-bond donors (Lipinski definition) is 4. The number of nitrogens with zero attached hydrogens (tertiary/aromatic N) is 1. The molecule has 0 aliphatic heterocycles. The first kappa shape index (κ1) is 31.8. The number of aryl methyl sites for hydroxylation is 1. The molecular weight excluding hydrogens is 557 g/mol. The Balaban J connectivity index is 1.81. The van der Waals surface area contributed by atoms with Crippen molar-refractivity contribution in [2.45, 2.75) is 63.9 Å². The molecule has 42 heavy (non-hydrogen) atoms. The maximum absolute atomic E-state index is 13.3. The maximum Gasteiger partial charge on any atom is 0.416 e. The monoisotopic (exact) mass is 588 g/mol. The Morgan fingerprint density at radius 3 is 2.24 bits per heavy atom. The van der Waals surface area contributed by atoms with Crippen molar-refractivity contribution in [1.29, 1.82) is 0 Å². The standard InChI is InChI=1S/C29H31F3N4O6/c1-28(2,3)42-27(41)36-23(16-24(37)38)26(40)35-22(12-8-17-6-9-19(10-7-17)29(30,31)32)25(39)34-20-11-13-21-18(15-20)5-4-14-33-21/h4-7,9-11,13-15,22-23H,8,12,16H2,1-3H3,(H,34,39)(H,35,40)(H,36,41)(H,37,38)/t22-,23+/m1/s1. The van der Waals surface area contributed by atoms with Crippen molar-refractivity contribution in [1.82, 2.24) is 15.6 Å². The lowest BCUT2D eigenvalue weighted by Crippen LogP contribution is -2.54. The van der Waals surface area contributed by atoms with Gasteiger partial charge in [0.1, 0.15) is 17.7 Å². The third-order valence-corrected chi connectivity index (χ3v) is 5.89. The second kappa shape index (κ2) is 13.3. The topological polar surface area (TPSA) is 147 Å². The molecule has 2 atom stereocenters. The van der Waals surface area contributed by atoms with Gasteiger partial charge >= 0.3 is 18.2 Å². The summed E-state index contributed by atoms with van der Waals surface area (Å²) >= 11 is 0. The molecule has 1 heterocycles. The Hall–Kier alpha value is -4.68. The van der Waals surface area contributed by atoms with E-state index in [4.69, 9.17) is 4.74 Å². The summed E-state index contributed by atoms with van der Waals surface area (Å²) in [6, 6.07) is 10.0. The van der Waals surface area contributed by atoms with E-state index in [2.05, 4.69) is 20.9 Å². The number of fused-ring (bicyclic) bond motifs is 1. The first-order valence-corrected chi connectivity index (χ1v) is 12.9. The predicted octanol–water partition coefficient (Wildman–Crippen LogP) is 4.68. The minimum Gasteiger partial charge on any atom is -0.481 e. The molecule has 0 radical (unpaired) electrons. The summed E-state index contributed by atoms with van der Waals surface area (Å²) in [4.78, 5) is 54.4. The highest BCUT2D eigenvalue weighted by molar-refractivity contribution is 6.00. The van der Waals surface area contributed by atoms with E-state index < -0.39 is 59.7 Å². The number of aromatic nitrogens is 1. The highest BCUT2D eigenvalue weighted by Crippen LogP contribution is 2.29. The lowest BCUT2D eigenvalue weighted by Gasteiger charge is -2.24. The number of carboxylic acids is 1. The van der Waals surface area contributed by atoms with Gasteiger partial charge in [-0.2, -0.15) is 13.2 Å². The molecule has 0 aliphatic carbocycles. The molecule has 3 aromatic rings. The number of anilines is 1. The molecule has 3 rings (SSSR count). The zero-order valence-electron chi connectivity index (χ0n) is 23.1. The number of amides is 3. The van der Waals surface area contributed by atoms with Crippen molar-refractivity contribution in [2.75, 3.05) is 5.32 Å². The van der Waals surface area contributed by atoms with Gasteiger partial charge in [0, 0.05) is 17.3 Å². The van der Waals surface area contributed by atoms with Gasteiger partial charge in [-0.3, -0.25) is 19.4 Å². The van der Waals surface area contributed by atoms with Crippen LogP contribution in [0.15, 0.2) is 60.8 Å². The highest BCUT2D eigenvalue weighted by atomic mass is 19.4. The van der Waals surface area contributed by atoms with Crippen molar-refractivity contribution in [3.05, 3.63) is 71.9 Å². The Kier molecular flexibility index (Phi) is 10.1. The van der Waals surface area contributed by atoms with Crippen molar-refractivity contribution in [3.63, 3.8) is 0 Å². The summed E-state index contributed by atoms with van der Waals surface area (Å²) in [6.07, 6.45) is -4.67. The number of aliphatic carboxylic acids is 1. The van der Waals surface area contributed by atoms with Gasteiger partial charge < -0.3 is 25.8 Å². The lowest BCUT2D eigenvalue weighted by molar-refractivity contribution is -0.140. The molecule has 0 spiro atoms. The zero-order valence-corrected chi connectivity index (χ0v) is 23.1. The smallest absolute Gasteiger partial charge is 0.416 e. The van der Waals surface area contributed by atoms with Crippen LogP contribution in [-0.2, 0) is 31.7 Å². The summed E-state index contributed by atoms with van der Waals surface area (Å²) in [5.74, 6) is -3.01. The predicted molar refractivity (Wildman–Crippen MR) is 147 cm³/mol. The number of carbonyl (C=O) groups is 4. The van der Waals surface area contributed by atoms with Crippen molar-refractivity contribution in [3.8, 4) is 0 Å². The lowest BCUT2D eigenvalue weighted by atomic mass is 10.0. The number of halogens is 3. The maximum atomic E-state index is 13.3. The first-order valence-electron chi connectivity index (χ1n) is 12.9. The largest absolute Gasteiger partial charge is 0.481 e. The number of carbonyl (C=O) groups excluding carboxylic acids is 3. The average Bonchev–Trinajstić information content (AvgIpc) is 2.88. The van der Waals surface area contributed by atoms with E-state index in [0.29, 0.717) is 16.8 Å². The number of benzene rings is 2. The molecular formula is C29H31F3N4O6. The van der Waals surface area contributed by atoms with Gasteiger partial charge in [-0.1, -0.05) is 18.2 Å². The van der Waals surface area contributed by atoms with Gasteiger partial charge in [-0.15, -0.1) is 0 Å². The molecule has 13 heteroatoms. The number of alkyl halides is 3. The van der Waals surface area contributed by atoms with Crippen LogP contribution in [0.5, 0.6) is 0 Å². The van der Waals surface area contributed by atoms with Crippen LogP contribution in [0.25, 0.3) is 10.9 Å². The summed E-state index contributed by atoms with van der Waals surface area (Å²) in [5, 5.41) is 17.4. The third kappa shape index (κ3) is 9.75. The molecule has 2 aromatic carbocycles. The van der Waals surface area contributed by atoms with Crippen LogP contribution in [0, 0.1) is 0 Å². The molecule has 0 unspecified atom stereocenters. The van der Waals surface area contributed by atoms with E-state index in [9.17, 15) is 37.5 Å². The molecule has 0 fully saturated rings. The van der Waals surface area contributed by atoms with Crippen LogP contribution < -0.4 is 16.0 Å². The quantitative estimate of drug-likeness (QED) is 0.269. The Bertz CT molecular complexity index is 1440. The van der Waals surface area contributed by atoms with Gasteiger partial charge in [0.15, 0.2) is 0 Å². The van der Waals surface area contributed by atoms with E-state index in [1.165, 1.54) is 12.1 Å². The van der Waals surface area contributed by atoms with Crippen LogP contribution in [-0.4, -0.2) is 51.7 Å². The fourth-order valence-electron chi connectivity index (χ4n) is 3.93.